The Kier molecular flexibility index (Phi) is 6.31. The number of ether oxygens (including phenoxy) is 1. The average molecular weight is 336 g/mol. The summed E-state index contributed by atoms with van der Waals surface area (Å²) in [6.07, 6.45) is -2.84. The Morgan fingerprint density at radius 2 is 1.70 bits per heavy atom. The first-order chi connectivity index (χ1) is 10.8. The van der Waals surface area contributed by atoms with Gasteiger partial charge in [-0.3, -0.25) is 4.79 Å². The number of alkyl halides is 3. The molecule has 1 unspecified atom stereocenters. The molecule has 2 fully saturated rings. The van der Waals surface area contributed by atoms with Crippen molar-refractivity contribution in [3.63, 3.8) is 0 Å². The van der Waals surface area contributed by atoms with Crippen molar-refractivity contribution in [3.05, 3.63) is 0 Å². The van der Waals surface area contributed by atoms with Crippen LogP contribution in [0.4, 0.5) is 13.2 Å². The number of halogens is 3. The third kappa shape index (κ3) is 5.08. The fraction of sp³-hybridized carbons (Fsp3) is 0.938. The van der Waals surface area contributed by atoms with Crippen molar-refractivity contribution in [1.29, 1.82) is 0 Å². The molecule has 4 nitrogen and oxygen atoms in total. The third-order valence-corrected chi connectivity index (χ3v) is 4.86. The number of morpholine rings is 1. The zero-order valence-corrected chi connectivity index (χ0v) is 13.9. The summed E-state index contributed by atoms with van der Waals surface area (Å²) in [5.41, 5.74) is 0. The number of hydrogen-bond acceptors (Lipinski definition) is 3. The second kappa shape index (κ2) is 7.83. The summed E-state index contributed by atoms with van der Waals surface area (Å²) in [6.45, 7) is 6.21. The minimum atomic E-state index is -4.09. The number of nitrogens with zero attached hydrogens (tertiary/aromatic N) is 1. The summed E-state index contributed by atoms with van der Waals surface area (Å²) in [5, 5.41) is 3.33. The Hall–Kier alpha value is -0.820. The van der Waals surface area contributed by atoms with Gasteiger partial charge in [0.2, 0.25) is 5.91 Å². The molecular weight excluding hydrogens is 309 g/mol. The number of carbonyl (C=O) groups excluding carboxylic acids is 1. The lowest BCUT2D eigenvalue weighted by molar-refractivity contribution is -0.183. The molecule has 7 heteroatoms. The summed E-state index contributed by atoms with van der Waals surface area (Å²) in [7, 11) is 0. The van der Waals surface area contributed by atoms with Crippen molar-refractivity contribution in [2.24, 2.45) is 11.8 Å². The molecule has 1 amide bonds. The van der Waals surface area contributed by atoms with Gasteiger partial charge in [0.1, 0.15) is 0 Å². The predicted octanol–water partition coefficient (Wildman–Crippen LogP) is 2.58. The van der Waals surface area contributed by atoms with Gasteiger partial charge in [-0.2, -0.15) is 13.2 Å². The van der Waals surface area contributed by atoms with E-state index in [0.29, 0.717) is 39.1 Å². The molecule has 0 aromatic rings. The van der Waals surface area contributed by atoms with E-state index in [1.54, 1.807) is 4.90 Å². The third-order valence-electron chi connectivity index (χ3n) is 4.86. The average Bonchev–Trinajstić information content (AvgIpc) is 2.52. The maximum Gasteiger partial charge on any atom is 0.391 e. The molecule has 2 aliphatic rings. The van der Waals surface area contributed by atoms with E-state index < -0.39 is 12.1 Å². The molecule has 1 heterocycles. The summed E-state index contributed by atoms with van der Waals surface area (Å²) >= 11 is 0. The highest BCUT2D eigenvalue weighted by atomic mass is 19.4. The molecule has 23 heavy (non-hydrogen) atoms. The van der Waals surface area contributed by atoms with E-state index in [-0.39, 0.29) is 36.8 Å². The van der Waals surface area contributed by atoms with Gasteiger partial charge in [0.05, 0.1) is 25.2 Å². The topological polar surface area (TPSA) is 41.6 Å². The van der Waals surface area contributed by atoms with Gasteiger partial charge in [0.15, 0.2) is 0 Å². The van der Waals surface area contributed by atoms with Crippen LogP contribution in [0.5, 0.6) is 0 Å². The maximum absolute atomic E-state index is 12.7. The maximum atomic E-state index is 12.7. The molecule has 1 saturated heterocycles. The van der Waals surface area contributed by atoms with E-state index >= 15 is 0 Å². The smallest absolute Gasteiger partial charge is 0.378 e. The number of hydrogen-bond donors (Lipinski definition) is 1. The van der Waals surface area contributed by atoms with Crippen LogP contribution in [-0.4, -0.2) is 55.4 Å². The second-order valence-electron chi connectivity index (χ2n) is 6.92. The van der Waals surface area contributed by atoms with E-state index in [0.717, 1.165) is 0 Å². The van der Waals surface area contributed by atoms with Crippen LogP contribution in [0, 0.1) is 11.8 Å². The van der Waals surface area contributed by atoms with Crippen LogP contribution in [0.25, 0.3) is 0 Å². The fourth-order valence-electron chi connectivity index (χ4n) is 3.37. The molecule has 0 bridgehead atoms. The van der Waals surface area contributed by atoms with E-state index in [1.807, 2.05) is 13.8 Å². The standard InChI is InChI=1S/C16H27F3N2O2/c1-11(2)14(15(22)21-7-9-23-10-8-21)20-13-5-3-12(4-6-13)16(17,18)19/h11-14,20H,3-10H2,1-2H3. The molecule has 134 valence electrons. The lowest BCUT2D eigenvalue weighted by atomic mass is 9.85. The Balaban J connectivity index is 1.89. The van der Waals surface area contributed by atoms with Gasteiger partial charge in [0, 0.05) is 19.1 Å². The van der Waals surface area contributed by atoms with Gasteiger partial charge in [-0.15, -0.1) is 0 Å². The van der Waals surface area contributed by atoms with Crippen LogP contribution in [0.3, 0.4) is 0 Å². The summed E-state index contributed by atoms with van der Waals surface area (Å²) in [6, 6.07) is -0.341. The van der Waals surface area contributed by atoms with Crippen molar-refractivity contribution in [2.75, 3.05) is 26.3 Å². The van der Waals surface area contributed by atoms with Crippen molar-refractivity contribution >= 4 is 5.91 Å². The summed E-state index contributed by atoms with van der Waals surface area (Å²) < 4.78 is 43.5. The number of rotatable bonds is 4. The number of nitrogens with one attached hydrogen (secondary N) is 1. The van der Waals surface area contributed by atoms with Crippen molar-refractivity contribution < 1.29 is 22.7 Å². The Morgan fingerprint density at radius 1 is 1.13 bits per heavy atom. The number of amides is 1. The molecular formula is C16H27F3N2O2. The van der Waals surface area contributed by atoms with Crippen LogP contribution in [0.15, 0.2) is 0 Å². The first kappa shape index (κ1) is 18.5. The normalized spacial score (nSPS) is 28.0. The molecule has 2 rings (SSSR count). The lowest BCUT2D eigenvalue weighted by Crippen LogP contribution is -2.55. The van der Waals surface area contributed by atoms with E-state index in [1.165, 1.54) is 0 Å². The van der Waals surface area contributed by atoms with Gasteiger partial charge in [-0.25, -0.2) is 0 Å². The highest BCUT2D eigenvalue weighted by molar-refractivity contribution is 5.82. The molecule has 1 atom stereocenters. The molecule has 1 saturated carbocycles. The second-order valence-corrected chi connectivity index (χ2v) is 6.92. The van der Waals surface area contributed by atoms with Crippen molar-refractivity contribution in [1.82, 2.24) is 10.2 Å². The highest BCUT2D eigenvalue weighted by Gasteiger charge is 2.42. The Bertz CT molecular complexity index is 387. The molecule has 0 aromatic heterocycles. The minimum absolute atomic E-state index is 0.00834. The van der Waals surface area contributed by atoms with Gasteiger partial charge >= 0.3 is 6.18 Å². The summed E-state index contributed by atoms with van der Waals surface area (Å²) in [5.74, 6) is -1.04. The van der Waals surface area contributed by atoms with Gasteiger partial charge in [-0.1, -0.05) is 13.8 Å². The molecule has 1 N–H and O–H groups in total. The SMILES string of the molecule is CC(C)C(NC1CCC(C(F)(F)F)CC1)C(=O)N1CCOCC1. The van der Waals surface area contributed by atoms with Gasteiger partial charge in [-0.05, 0) is 31.6 Å². The van der Waals surface area contributed by atoms with E-state index in [9.17, 15) is 18.0 Å². The van der Waals surface area contributed by atoms with Crippen LogP contribution in [0.1, 0.15) is 39.5 Å². The van der Waals surface area contributed by atoms with Gasteiger partial charge < -0.3 is 15.0 Å². The number of carbonyl (C=O) groups is 1. The largest absolute Gasteiger partial charge is 0.391 e. The van der Waals surface area contributed by atoms with Gasteiger partial charge in [0.25, 0.3) is 0 Å². The molecule has 0 spiro atoms. The minimum Gasteiger partial charge on any atom is -0.378 e. The molecule has 0 radical (unpaired) electrons. The van der Waals surface area contributed by atoms with Crippen LogP contribution in [0.2, 0.25) is 0 Å². The summed E-state index contributed by atoms with van der Waals surface area (Å²) in [4.78, 5) is 14.5. The monoisotopic (exact) mass is 336 g/mol. The molecule has 1 aliphatic carbocycles. The zero-order chi connectivity index (χ0) is 17.0. The fourth-order valence-corrected chi connectivity index (χ4v) is 3.37. The van der Waals surface area contributed by atoms with Crippen LogP contribution < -0.4 is 5.32 Å². The first-order valence-corrected chi connectivity index (χ1v) is 8.48. The van der Waals surface area contributed by atoms with Crippen molar-refractivity contribution in [3.8, 4) is 0 Å². The Labute approximate surface area is 135 Å². The van der Waals surface area contributed by atoms with Crippen molar-refractivity contribution in [2.45, 2.75) is 57.8 Å². The van der Waals surface area contributed by atoms with Crippen LogP contribution >= 0.6 is 0 Å². The molecule has 1 aliphatic heterocycles. The zero-order valence-electron chi connectivity index (χ0n) is 13.9. The van der Waals surface area contributed by atoms with E-state index in [2.05, 4.69) is 5.32 Å². The van der Waals surface area contributed by atoms with E-state index in [4.69, 9.17) is 4.74 Å². The highest BCUT2D eigenvalue weighted by Crippen LogP contribution is 2.37. The molecule has 0 aromatic carbocycles. The predicted molar refractivity (Wildman–Crippen MR) is 81.0 cm³/mol. The lowest BCUT2D eigenvalue weighted by Gasteiger charge is -2.36. The quantitative estimate of drug-likeness (QED) is 0.858. The first-order valence-electron chi connectivity index (χ1n) is 8.48. The van der Waals surface area contributed by atoms with Crippen LogP contribution in [-0.2, 0) is 9.53 Å². The Morgan fingerprint density at radius 3 is 2.17 bits per heavy atom.